The minimum Gasteiger partial charge on any atom is -0.327 e. The van der Waals surface area contributed by atoms with Gasteiger partial charge < -0.3 is 4.57 Å². The molecular formula is C17H17ClN2. The number of aryl methyl sites for hydroxylation is 2. The van der Waals surface area contributed by atoms with Crippen LogP contribution < -0.4 is 0 Å². The maximum absolute atomic E-state index is 6.64. The molecule has 0 radical (unpaired) electrons. The van der Waals surface area contributed by atoms with Crippen molar-refractivity contribution in [1.82, 2.24) is 9.55 Å². The Kier molecular flexibility index (Phi) is 3.49. The van der Waals surface area contributed by atoms with E-state index in [9.17, 15) is 0 Å². The molecule has 3 heteroatoms. The largest absolute Gasteiger partial charge is 0.327 e. The topological polar surface area (TPSA) is 17.8 Å². The van der Waals surface area contributed by atoms with Gasteiger partial charge in [0, 0.05) is 6.54 Å². The van der Waals surface area contributed by atoms with Crippen LogP contribution in [0.2, 0.25) is 0 Å². The third kappa shape index (κ3) is 2.20. The zero-order chi connectivity index (χ0) is 14.1. The monoisotopic (exact) mass is 284 g/mol. The van der Waals surface area contributed by atoms with E-state index >= 15 is 0 Å². The van der Waals surface area contributed by atoms with Crippen LogP contribution in [0.25, 0.3) is 11.0 Å². The number of fused-ring (bicyclic) bond motifs is 1. The van der Waals surface area contributed by atoms with Crippen molar-refractivity contribution in [3.8, 4) is 0 Å². The van der Waals surface area contributed by atoms with Crippen LogP contribution in [0.5, 0.6) is 0 Å². The van der Waals surface area contributed by atoms with Crippen molar-refractivity contribution in [1.29, 1.82) is 0 Å². The maximum atomic E-state index is 6.64. The van der Waals surface area contributed by atoms with Gasteiger partial charge in [0.15, 0.2) is 0 Å². The van der Waals surface area contributed by atoms with E-state index in [0.717, 1.165) is 29.0 Å². The third-order valence-corrected chi connectivity index (χ3v) is 4.02. The number of hydrogen-bond acceptors (Lipinski definition) is 1. The molecule has 3 rings (SSSR count). The summed E-state index contributed by atoms with van der Waals surface area (Å²) < 4.78 is 2.19. The molecule has 0 saturated heterocycles. The Labute approximate surface area is 124 Å². The molecular weight excluding hydrogens is 268 g/mol. The van der Waals surface area contributed by atoms with Crippen molar-refractivity contribution < 1.29 is 0 Å². The summed E-state index contributed by atoms with van der Waals surface area (Å²) in [7, 11) is 0. The molecule has 1 atom stereocenters. The quantitative estimate of drug-likeness (QED) is 0.638. The smallest absolute Gasteiger partial charge is 0.132 e. The standard InChI is InChI=1S/C17H17ClN2/c1-3-20-15-10-9-12(2)11-14(15)19-17(20)16(18)13-7-5-4-6-8-13/h4-11,16H,3H2,1-2H3. The number of rotatable bonds is 3. The van der Waals surface area contributed by atoms with Crippen LogP contribution in [0.15, 0.2) is 48.5 Å². The average Bonchev–Trinajstić information content (AvgIpc) is 2.84. The molecule has 2 nitrogen and oxygen atoms in total. The second kappa shape index (κ2) is 5.29. The number of benzene rings is 2. The summed E-state index contributed by atoms with van der Waals surface area (Å²) in [6.07, 6.45) is 0. The molecule has 1 aromatic heterocycles. The van der Waals surface area contributed by atoms with Crippen molar-refractivity contribution in [3.05, 3.63) is 65.5 Å². The predicted molar refractivity (Wildman–Crippen MR) is 84.3 cm³/mol. The first kappa shape index (κ1) is 13.2. The van der Waals surface area contributed by atoms with Crippen molar-refractivity contribution in [2.45, 2.75) is 25.8 Å². The lowest BCUT2D eigenvalue weighted by Crippen LogP contribution is -2.05. The van der Waals surface area contributed by atoms with Gasteiger partial charge in [0.2, 0.25) is 0 Å². The van der Waals surface area contributed by atoms with Gasteiger partial charge in [-0.2, -0.15) is 0 Å². The van der Waals surface area contributed by atoms with E-state index in [4.69, 9.17) is 16.6 Å². The second-order valence-corrected chi connectivity index (χ2v) is 5.42. The Morgan fingerprint density at radius 1 is 1.15 bits per heavy atom. The van der Waals surface area contributed by atoms with E-state index in [1.165, 1.54) is 5.56 Å². The summed E-state index contributed by atoms with van der Waals surface area (Å²) >= 11 is 6.64. The van der Waals surface area contributed by atoms with Gasteiger partial charge in [-0.05, 0) is 37.1 Å². The molecule has 0 bridgehead atoms. The van der Waals surface area contributed by atoms with E-state index in [1.54, 1.807) is 0 Å². The van der Waals surface area contributed by atoms with Crippen molar-refractivity contribution in [3.63, 3.8) is 0 Å². The number of hydrogen-bond donors (Lipinski definition) is 0. The van der Waals surface area contributed by atoms with E-state index in [1.807, 2.05) is 30.3 Å². The summed E-state index contributed by atoms with van der Waals surface area (Å²) in [5.41, 5.74) is 4.46. The first-order valence-electron chi connectivity index (χ1n) is 6.86. The molecule has 0 fully saturated rings. The molecule has 1 unspecified atom stereocenters. The lowest BCUT2D eigenvalue weighted by molar-refractivity contribution is 0.726. The number of nitrogens with zero attached hydrogens (tertiary/aromatic N) is 2. The summed E-state index contributed by atoms with van der Waals surface area (Å²) in [5, 5.41) is -0.219. The van der Waals surface area contributed by atoms with Crippen LogP contribution in [-0.2, 0) is 6.54 Å². The van der Waals surface area contributed by atoms with Gasteiger partial charge >= 0.3 is 0 Å². The fourth-order valence-corrected chi connectivity index (χ4v) is 2.87. The normalized spacial score (nSPS) is 12.8. The molecule has 3 aromatic rings. The maximum Gasteiger partial charge on any atom is 0.132 e. The van der Waals surface area contributed by atoms with Crippen LogP contribution in [0.3, 0.4) is 0 Å². The molecule has 2 aromatic carbocycles. The highest BCUT2D eigenvalue weighted by Gasteiger charge is 2.19. The summed E-state index contributed by atoms with van der Waals surface area (Å²) in [6.45, 7) is 5.07. The molecule has 20 heavy (non-hydrogen) atoms. The molecule has 0 amide bonds. The molecule has 0 aliphatic rings. The Morgan fingerprint density at radius 2 is 1.90 bits per heavy atom. The predicted octanol–water partition coefficient (Wildman–Crippen LogP) is 4.69. The third-order valence-electron chi connectivity index (χ3n) is 3.57. The van der Waals surface area contributed by atoms with Gasteiger partial charge in [-0.3, -0.25) is 0 Å². The van der Waals surface area contributed by atoms with Crippen molar-refractivity contribution in [2.75, 3.05) is 0 Å². The summed E-state index contributed by atoms with van der Waals surface area (Å²) in [6, 6.07) is 16.5. The molecule has 1 heterocycles. The molecule has 0 aliphatic heterocycles. The lowest BCUT2D eigenvalue weighted by atomic mass is 10.1. The number of aromatic nitrogens is 2. The van der Waals surface area contributed by atoms with E-state index in [-0.39, 0.29) is 5.38 Å². The summed E-state index contributed by atoms with van der Waals surface area (Å²) in [4.78, 5) is 4.75. The molecule has 0 spiro atoms. The fraction of sp³-hybridized carbons (Fsp3) is 0.235. The highest BCUT2D eigenvalue weighted by atomic mass is 35.5. The van der Waals surface area contributed by atoms with Crippen molar-refractivity contribution >= 4 is 22.6 Å². The zero-order valence-corrected chi connectivity index (χ0v) is 12.4. The minimum absolute atomic E-state index is 0.219. The average molecular weight is 285 g/mol. The highest BCUT2D eigenvalue weighted by Crippen LogP contribution is 2.30. The van der Waals surface area contributed by atoms with E-state index in [2.05, 4.69) is 36.6 Å². The van der Waals surface area contributed by atoms with Gasteiger partial charge in [0.05, 0.1) is 11.0 Å². The van der Waals surface area contributed by atoms with Gasteiger partial charge in [0.25, 0.3) is 0 Å². The Morgan fingerprint density at radius 3 is 2.60 bits per heavy atom. The molecule has 0 saturated carbocycles. The van der Waals surface area contributed by atoms with Crippen LogP contribution in [0.1, 0.15) is 29.3 Å². The van der Waals surface area contributed by atoms with E-state index < -0.39 is 0 Å². The Hall–Kier alpha value is -1.80. The van der Waals surface area contributed by atoms with Crippen molar-refractivity contribution in [2.24, 2.45) is 0 Å². The minimum atomic E-state index is -0.219. The zero-order valence-electron chi connectivity index (χ0n) is 11.7. The number of halogens is 1. The Bertz CT molecular complexity index is 731. The summed E-state index contributed by atoms with van der Waals surface area (Å²) in [5.74, 6) is 0.918. The van der Waals surface area contributed by atoms with Gasteiger partial charge in [-0.25, -0.2) is 4.98 Å². The van der Waals surface area contributed by atoms with Gasteiger partial charge in [-0.1, -0.05) is 36.4 Å². The molecule has 0 aliphatic carbocycles. The SMILES string of the molecule is CCn1c(C(Cl)c2ccccc2)nc2cc(C)ccc21. The Balaban J connectivity index is 2.16. The number of imidazole rings is 1. The number of alkyl halides is 1. The highest BCUT2D eigenvalue weighted by molar-refractivity contribution is 6.22. The van der Waals surface area contributed by atoms with Crippen LogP contribution in [0.4, 0.5) is 0 Å². The fourth-order valence-electron chi connectivity index (χ4n) is 2.56. The van der Waals surface area contributed by atoms with Gasteiger partial charge in [-0.15, -0.1) is 11.6 Å². The lowest BCUT2D eigenvalue weighted by Gasteiger charge is -2.11. The van der Waals surface area contributed by atoms with E-state index in [0.29, 0.717) is 0 Å². The first-order valence-corrected chi connectivity index (χ1v) is 7.30. The molecule has 0 N–H and O–H groups in total. The van der Waals surface area contributed by atoms with Crippen LogP contribution in [0, 0.1) is 6.92 Å². The molecule has 102 valence electrons. The van der Waals surface area contributed by atoms with Gasteiger partial charge in [0.1, 0.15) is 11.2 Å². The van der Waals surface area contributed by atoms with Crippen LogP contribution >= 0.6 is 11.6 Å². The second-order valence-electron chi connectivity index (χ2n) is 4.98. The van der Waals surface area contributed by atoms with Crippen LogP contribution in [-0.4, -0.2) is 9.55 Å². The first-order chi connectivity index (χ1) is 9.70.